The summed E-state index contributed by atoms with van der Waals surface area (Å²) in [6.07, 6.45) is 2.64. The minimum absolute atomic E-state index is 0.188. The molecule has 1 atom stereocenters. The van der Waals surface area contributed by atoms with Gasteiger partial charge in [0.2, 0.25) is 0 Å². The normalized spacial score (nSPS) is 13.7. The van der Waals surface area contributed by atoms with Crippen LogP contribution >= 0.6 is 11.8 Å². The summed E-state index contributed by atoms with van der Waals surface area (Å²) in [5.74, 6) is 1.39. The standard InChI is InChI=1S/C14H21NO3S/c1-14(17,8-9-19-3)10-15-13(16)11-4-6-12(18-2)7-5-11/h4-7,17H,8-10H2,1-3H3,(H,15,16)/t14-/m0/s1. The van der Waals surface area contributed by atoms with Gasteiger partial charge in [0.1, 0.15) is 5.75 Å². The number of methoxy groups -OCH3 is 1. The van der Waals surface area contributed by atoms with Gasteiger partial charge in [-0.2, -0.15) is 11.8 Å². The molecule has 0 unspecified atom stereocenters. The zero-order chi connectivity index (χ0) is 14.3. The molecule has 106 valence electrons. The van der Waals surface area contributed by atoms with Gasteiger partial charge < -0.3 is 15.2 Å². The van der Waals surface area contributed by atoms with Crippen molar-refractivity contribution in [3.63, 3.8) is 0 Å². The molecule has 0 saturated heterocycles. The van der Waals surface area contributed by atoms with Crippen LogP contribution in [0.15, 0.2) is 24.3 Å². The van der Waals surface area contributed by atoms with E-state index >= 15 is 0 Å². The third-order valence-electron chi connectivity index (χ3n) is 2.83. The van der Waals surface area contributed by atoms with E-state index in [1.165, 1.54) is 0 Å². The van der Waals surface area contributed by atoms with Crippen LogP contribution in [0.4, 0.5) is 0 Å². The van der Waals surface area contributed by atoms with Crippen molar-refractivity contribution in [1.29, 1.82) is 0 Å². The molecule has 0 aliphatic rings. The summed E-state index contributed by atoms with van der Waals surface area (Å²) >= 11 is 1.68. The fourth-order valence-corrected chi connectivity index (χ4v) is 2.17. The third-order valence-corrected chi connectivity index (χ3v) is 3.44. The van der Waals surface area contributed by atoms with E-state index in [2.05, 4.69) is 5.32 Å². The molecule has 0 spiro atoms. The molecule has 0 saturated carbocycles. The molecule has 1 aromatic rings. The Hall–Kier alpha value is -1.20. The zero-order valence-electron chi connectivity index (χ0n) is 11.6. The van der Waals surface area contributed by atoms with Gasteiger partial charge >= 0.3 is 0 Å². The Kier molecular flexibility index (Phi) is 6.18. The van der Waals surface area contributed by atoms with Gasteiger partial charge in [-0.15, -0.1) is 0 Å². The lowest BCUT2D eigenvalue weighted by atomic mass is 10.0. The SMILES string of the molecule is COc1ccc(C(=O)NC[C@@](C)(O)CCSC)cc1. The fourth-order valence-electron chi connectivity index (χ4n) is 1.53. The van der Waals surface area contributed by atoms with E-state index < -0.39 is 5.60 Å². The predicted octanol–water partition coefficient (Wildman–Crippen LogP) is 1.93. The number of hydrogen-bond acceptors (Lipinski definition) is 4. The Morgan fingerprint density at radius 1 is 1.42 bits per heavy atom. The first-order valence-electron chi connectivity index (χ1n) is 6.12. The number of nitrogens with one attached hydrogen (secondary N) is 1. The summed E-state index contributed by atoms with van der Waals surface area (Å²) in [5.41, 5.74) is -0.313. The number of benzene rings is 1. The van der Waals surface area contributed by atoms with Gasteiger partial charge in [-0.1, -0.05) is 0 Å². The molecule has 1 aromatic carbocycles. The summed E-state index contributed by atoms with van der Waals surface area (Å²) in [7, 11) is 1.58. The summed E-state index contributed by atoms with van der Waals surface area (Å²) in [4.78, 5) is 11.9. The predicted molar refractivity (Wildman–Crippen MR) is 79.0 cm³/mol. The lowest BCUT2D eigenvalue weighted by Crippen LogP contribution is -2.41. The van der Waals surface area contributed by atoms with Gasteiger partial charge in [-0.3, -0.25) is 4.79 Å². The topological polar surface area (TPSA) is 58.6 Å². The molecule has 0 fully saturated rings. The monoisotopic (exact) mass is 283 g/mol. The molecule has 0 aromatic heterocycles. The van der Waals surface area contributed by atoms with E-state index in [0.717, 1.165) is 5.75 Å². The Labute approximate surface area is 118 Å². The molecule has 2 N–H and O–H groups in total. The smallest absolute Gasteiger partial charge is 0.251 e. The molecule has 0 bridgehead atoms. The maximum atomic E-state index is 11.9. The first kappa shape index (κ1) is 15.9. The molecule has 4 nitrogen and oxygen atoms in total. The van der Waals surface area contributed by atoms with Gasteiger partial charge in [0.15, 0.2) is 0 Å². The summed E-state index contributed by atoms with van der Waals surface area (Å²) in [6.45, 7) is 1.98. The van der Waals surface area contributed by atoms with Crippen LogP contribution in [0, 0.1) is 0 Å². The van der Waals surface area contributed by atoms with Gasteiger partial charge in [0, 0.05) is 12.1 Å². The third kappa shape index (κ3) is 5.53. The number of amides is 1. The molecule has 1 rings (SSSR count). The summed E-state index contributed by atoms with van der Waals surface area (Å²) in [6, 6.07) is 6.87. The van der Waals surface area contributed by atoms with Crippen molar-refractivity contribution < 1.29 is 14.6 Å². The van der Waals surface area contributed by atoms with E-state index in [9.17, 15) is 9.90 Å². The number of carbonyl (C=O) groups is 1. The van der Waals surface area contributed by atoms with Gasteiger partial charge in [-0.05, 0) is 49.6 Å². The lowest BCUT2D eigenvalue weighted by molar-refractivity contribution is 0.0528. The minimum Gasteiger partial charge on any atom is -0.497 e. The average Bonchev–Trinajstić information content (AvgIpc) is 2.43. The molecule has 0 aliphatic heterocycles. The average molecular weight is 283 g/mol. The number of carbonyl (C=O) groups excluding carboxylic acids is 1. The fraction of sp³-hybridized carbons (Fsp3) is 0.500. The van der Waals surface area contributed by atoms with E-state index in [0.29, 0.717) is 17.7 Å². The Bertz CT molecular complexity index is 404. The maximum Gasteiger partial charge on any atom is 0.251 e. The molecule has 0 radical (unpaired) electrons. The molecule has 0 heterocycles. The van der Waals surface area contributed by atoms with Crippen molar-refractivity contribution >= 4 is 17.7 Å². The summed E-state index contributed by atoms with van der Waals surface area (Å²) in [5, 5.41) is 12.8. The second kappa shape index (κ2) is 7.40. The van der Waals surface area contributed by atoms with Gasteiger partial charge in [-0.25, -0.2) is 0 Å². The summed E-state index contributed by atoms with van der Waals surface area (Å²) < 4.78 is 5.03. The largest absolute Gasteiger partial charge is 0.497 e. The van der Waals surface area contributed by atoms with Crippen LogP contribution in [0.25, 0.3) is 0 Å². The van der Waals surface area contributed by atoms with Crippen LogP contribution in [0.3, 0.4) is 0 Å². The molecular formula is C14H21NO3S. The maximum absolute atomic E-state index is 11.9. The number of thioether (sulfide) groups is 1. The highest BCUT2D eigenvalue weighted by molar-refractivity contribution is 7.98. The number of rotatable bonds is 7. The van der Waals surface area contributed by atoms with Crippen LogP contribution < -0.4 is 10.1 Å². The van der Waals surface area contributed by atoms with E-state index in [1.54, 1.807) is 50.1 Å². The molecule has 19 heavy (non-hydrogen) atoms. The Morgan fingerprint density at radius 2 is 2.05 bits per heavy atom. The highest BCUT2D eigenvalue weighted by Gasteiger charge is 2.20. The number of hydrogen-bond donors (Lipinski definition) is 2. The van der Waals surface area contributed by atoms with Crippen molar-refractivity contribution in [2.24, 2.45) is 0 Å². The van der Waals surface area contributed by atoms with E-state index in [1.807, 2.05) is 6.26 Å². The van der Waals surface area contributed by atoms with Crippen molar-refractivity contribution in [2.45, 2.75) is 18.9 Å². The number of ether oxygens (including phenoxy) is 1. The van der Waals surface area contributed by atoms with Crippen LogP contribution in [-0.2, 0) is 0 Å². The van der Waals surface area contributed by atoms with Gasteiger partial charge in [0.25, 0.3) is 5.91 Å². The Balaban J connectivity index is 2.50. The first-order chi connectivity index (χ1) is 8.98. The van der Waals surface area contributed by atoms with Crippen molar-refractivity contribution in [1.82, 2.24) is 5.32 Å². The molecule has 1 amide bonds. The Morgan fingerprint density at radius 3 is 2.58 bits per heavy atom. The second-order valence-electron chi connectivity index (χ2n) is 4.65. The van der Waals surface area contributed by atoms with Crippen LogP contribution in [0.1, 0.15) is 23.7 Å². The van der Waals surface area contributed by atoms with Crippen molar-refractivity contribution in [3.05, 3.63) is 29.8 Å². The van der Waals surface area contributed by atoms with Crippen LogP contribution in [-0.4, -0.2) is 42.3 Å². The zero-order valence-corrected chi connectivity index (χ0v) is 12.4. The molecule has 0 aliphatic carbocycles. The van der Waals surface area contributed by atoms with Crippen molar-refractivity contribution in [3.8, 4) is 5.75 Å². The first-order valence-corrected chi connectivity index (χ1v) is 7.51. The highest BCUT2D eigenvalue weighted by Crippen LogP contribution is 2.13. The number of aliphatic hydroxyl groups is 1. The van der Waals surface area contributed by atoms with Crippen LogP contribution in [0.2, 0.25) is 0 Å². The quantitative estimate of drug-likeness (QED) is 0.803. The van der Waals surface area contributed by atoms with E-state index in [-0.39, 0.29) is 12.5 Å². The lowest BCUT2D eigenvalue weighted by Gasteiger charge is -2.23. The minimum atomic E-state index is -0.870. The highest BCUT2D eigenvalue weighted by atomic mass is 32.2. The molecular weight excluding hydrogens is 262 g/mol. The van der Waals surface area contributed by atoms with Crippen molar-refractivity contribution in [2.75, 3.05) is 25.7 Å². The second-order valence-corrected chi connectivity index (χ2v) is 5.64. The van der Waals surface area contributed by atoms with Gasteiger partial charge in [0.05, 0.1) is 12.7 Å². The molecule has 5 heteroatoms. The van der Waals surface area contributed by atoms with Crippen LogP contribution in [0.5, 0.6) is 5.75 Å². The van der Waals surface area contributed by atoms with E-state index in [4.69, 9.17) is 4.74 Å².